The van der Waals surface area contributed by atoms with E-state index in [2.05, 4.69) is 35.0 Å². The van der Waals surface area contributed by atoms with Gasteiger partial charge in [0.25, 0.3) is 0 Å². The smallest absolute Gasteiger partial charge is 0.0661 e. The van der Waals surface area contributed by atoms with Gasteiger partial charge in [-0.2, -0.15) is 0 Å². The second-order valence-corrected chi connectivity index (χ2v) is 5.59. The Hall–Kier alpha value is -0.990. The molecule has 0 radical (unpaired) electrons. The average Bonchev–Trinajstić information content (AvgIpc) is 2.86. The van der Waals surface area contributed by atoms with Gasteiger partial charge in [0.05, 0.1) is 5.02 Å². The molecule has 1 N–H and O–H groups in total. The topological polar surface area (TPSA) is 17.0 Å². The van der Waals surface area contributed by atoms with E-state index in [1.165, 1.54) is 23.9 Å². The molecule has 90 valence electrons. The second kappa shape index (κ2) is 3.76. The predicted octanol–water partition coefficient (Wildman–Crippen LogP) is 3.43. The van der Waals surface area contributed by atoms with Gasteiger partial charge in [0, 0.05) is 29.7 Å². The molecule has 0 amide bonds. The molecule has 2 aromatic rings. The van der Waals surface area contributed by atoms with Crippen molar-refractivity contribution in [2.45, 2.75) is 25.3 Å². The van der Waals surface area contributed by atoms with Crippen molar-refractivity contribution < 1.29 is 0 Å². The molecule has 1 aliphatic rings. The van der Waals surface area contributed by atoms with E-state index in [4.69, 9.17) is 11.6 Å². The lowest BCUT2D eigenvalue weighted by Crippen LogP contribution is -2.32. The van der Waals surface area contributed by atoms with Gasteiger partial charge in [-0.25, -0.2) is 0 Å². The van der Waals surface area contributed by atoms with Crippen LogP contribution in [0.5, 0.6) is 0 Å². The number of hydrogen-bond acceptors (Lipinski definition) is 1. The summed E-state index contributed by atoms with van der Waals surface area (Å²) in [6, 6.07) is 6.62. The summed E-state index contributed by atoms with van der Waals surface area (Å²) < 4.78 is 2.08. The zero-order valence-corrected chi connectivity index (χ0v) is 11.0. The van der Waals surface area contributed by atoms with E-state index < -0.39 is 0 Å². The maximum absolute atomic E-state index is 6.26. The molecule has 0 saturated carbocycles. The largest absolute Gasteiger partial charge is 0.349 e. The van der Waals surface area contributed by atoms with Crippen LogP contribution in [0.3, 0.4) is 0 Å². The van der Waals surface area contributed by atoms with E-state index in [0.717, 1.165) is 17.0 Å². The molecular weight excluding hydrogens is 232 g/mol. The van der Waals surface area contributed by atoms with Crippen molar-refractivity contribution in [3.63, 3.8) is 0 Å². The number of aryl methyl sites for hydroxylation is 1. The third-order valence-corrected chi connectivity index (χ3v) is 4.25. The van der Waals surface area contributed by atoms with Gasteiger partial charge in [-0.15, -0.1) is 0 Å². The summed E-state index contributed by atoms with van der Waals surface area (Å²) in [7, 11) is 2.03. The summed E-state index contributed by atoms with van der Waals surface area (Å²) in [4.78, 5) is 0. The van der Waals surface area contributed by atoms with Crippen LogP contribution in [0.25, 0.3) is 10.9 Å². The molecule has 3 heteroatoms. The van der Waals surface area contributed by atoms with E-state index in [9.17, 15) is 0 Å². The van der Waals surface area contributed by atoms with Crippen LogP contribution >= 0.6 is 11.6 Å². The molecule has 1 aliphatic heterocycles. The van der Waals surface area contributed by atoms with Crippen LogP contribution in [0.1, 0.15) is 25.3 Å². The van der Waals surface area contributed by atoms with Crippen molar-refractivity contribution in [3.05, 3.63) is 35.0 Å². The number of fused-ring (bicyclic) bond motifs is 1. The summed E-state index contributed by atoms with van der Waals surface area (Å²) in [6.07, 6.45) is 4.42. The monoisotopic (exact) mass is 248 g/mol. The van der Waals surface area contributed by atoms with E-state index in [1.807, 2.05) is 13.2 Å². The van der Waals surface area contributed by atoms with Crippen molar-refractivity contribution in [1.29, 1.82) is 0 Å². The van der Waals surface area contributed by atoms with Gasteiger partial charge in [0.1, 0.15) is 0 Å². The van der Waals surface area contributed by atoms with E-state index in [1.54, 1.807) is 0 Å². The number of halogens is 1. The second-order valence-electron chi connectivity index (χ2n) is 5.18. The van der Waals surface area contributed by atoms with Crippen LogP contribution in [0, 0.1) is 0 Å². The molecule has 17 heavy (non-hydrogen) atoms. The highest BCUT2D eigenvalue weighted by Crippen LogP contribution is 2.34. The first-order valence-corrected chi connectivity index (χ1v) is 6.48. The predicted molar refractivity (Wildman–Crippen MR) is 72.5 cm³/mol. The molecule has 1 atom stereocenters. The number of hydrogen-bond donors (Lipinski definition) is 1. The van der Waals surface area contributed by atoms with Gasteiger partial charge < -0.3 is 9.88 Å². The first-order valence-electron chi connectivity index (χ1n) is 6.10. The Kier molecular flexibility index (Phi) is 2.46. The summed E-state index contributed by atoms with van der Waals surface area (Å²) in [6.45, 7) is 3.38. The molecule has 1 unspecified atom stereocenters. The maximum Gasteiger partial charge on any atom is 0.0661 e. The summed E-state index contributed by atoms with van der Waals surface area (Å²) >= 11 is 6.26. The quantitative estimate of drug-likeness (QED) is 0.818. The number of nitrogens with one attached hydrogen (secondary N) is 1. The van der Waals surface area contributed by atoms with Crippen molar-refractivity contribution >= 4 is 22.5 Å². The minimum atomic E-state index is 0.118. The Morgan fingerprint density at radius 2 is 2.24 bits per heavy atom. The van der Waals surface area contributed by atoms with Crippen LogP contribution in [-0.4, -0.2) is 11.1 Å². The van der Waals surface area contributed by atoms with Gasteiger partial charge in [-0.05, 0) is 44.0 Å². The van der Waals surface area contributed by atoms with Crippen LogP contribution in [0.15, 0.2) is 24.4 Å². The Labute approximate surface area is 107 Å². The standard InChI is InChI=1S/C14H17ClN2/c1-14(6-3-7-16-14)10-4-5-13-11(8-10)12(15)9-17(13)2/h4-5,8-9,16H,3,6-7H2,1-2H3. The summed E-state index contributed by atoms with van der Waals surface area (Å²) in [5.74, 6) is 0. The Balaban J connectivity index is 2.16. The lowest BCUT2D eigenvalue weighted by Gasteiger charge is -2.25. The number of rotatable bonds is 1. The molecule has 1 aromatic carbocycles. The van der Waals surface area contributed by atoms with Gasteiger partial charge in [0.15, 0.2) is 0 Å². The molecule has 0 bridgehead atoms. The maximum atomic E-state index is 6.26. The third kappa shape index (κ3) is 1.67. The van der Waals surface area contributed by atoms with Crippen LogP contribution < -0.4 is 5.32 Å². The fourth-order valence-electron chi connectivity index (χ4n) is 2.83. The Morgan fingerprint density at radius 1 is 1.41 bits per heavy atom. The average molecular weight is 249 g/mol. The van der Waals surface area contributed by atoms with Gasteiger partial charge in [-0.1, -0.05) is 17.7 Å². The van der Waals surface area contributed by atoms with E-state index in [-0.39, 0.29) is 5.54 Å². The fourth-order valence-corrected chi connectivity index (χ4v) is 3.13. The van der Waals surface area contributed by atoms with Crippen molar-refractivity contribution in [3.8, 4) is 0 Å². The molecule has 1 aromatic heterocycles. The third-order valence-electron chi connectivity index (χ3n) is 3.95. The zero-order chi connectivity index (χ0) is 12.0. The lowest BCUT2D eigenvalue weighted by atomic mass is 9.90. The van der Waals surface area contributed by atoms with E-state index >= 15 is 0 Å². The SMILES string of the molecule is Cn1cc(Cl)c2cc(C3(C)CCCN3)ccc21. The van der Waals surface area contributed by atoms with Crippen molar-refractivity contribution in [2.24, 2.45) is 7.05 Å². The van der Waals surface area contributed by atoms with E-state index in [0.29, 0.717) is 0 Å². The summed E-state index contributed by atoms with van der Waals surface area (Å²) in [5, 5.41) is 5.58. The molecule has 0 spiro atoms. The highest BCUT2D eigenvalue weighted by atomic mass is 35.5. The summed E-state index contributed by atoms with van der Waals surface area (Å²) in [5.41, 5.74) is 2.66. The normalized spacial score (nSPS) is 24.6. The Bertz CT molecular complexity index is 565. The minimum absolute atomic E-state index is 0.118. The molecule has 2 heterocycles. The van der Waals surface area contributed by atoms with Crippen molar-refractivity contribution in [1.82, 2.24) is 9.88 Å². The number of nitrogens with zero attached hydrogens (tertiary/aromatic N) is 1. The molecule has 1 saturated heterocycles. The zero-order valence-electron chi connectivity index (χ0n) is 10.3. The fraction of sp³-hybridized carbons (Fsp3) is 0.429. The molecule has 0 aliphatic carbocycles. The molecule has 1 fully saturated rings. The van der Waals surface area contributed by atoms with Crippen molar-refractivity contribution in [2.75, 3.05) is 6.54 Å². The van der Waals surface area contributed by atoms with Crippen LogP contribution in [0.2, 0.25) is 5.02 Å². The van der Waals surface area contributed by atoms with Gasteiger partial charge >= 0.3 is 0 Å². The number of aromatic nitrogens is 1. The molecule has 2 nitrogen and oxygen atoms in total. The molecule has 3 rings (SSSR count). The first-order chi connectivity index (χ1) is 8.10. The van der Waals surface area contributed by atoms with Gasteiger partial charge in [-0.3, -0.25) is 0 Å². The van der Waals surface area contributed by atoms with Gasteiger partial charge in [0.2, 0.25) is 0 Å². The minimum Gasteiger partial charge on any atom is -0.349 e. The molecular formula is C14H17ClN2. The number of benzene rings is 1. The van der Waals surface area contributed by atoms with Crippen LogP contribution in [-0.2, 0) is 12.6 Å². The lowest BCUT2D eigenvalue weighted by molar-refractivity contribution is 0.435. The first kappa shape index (κ1) is 11.1. The van der Waals surface area contributed by atoms with Crippen LogP contribution in [0.4, 0.5) is 0 Å². The highest BCUT2D eigenvalue weighted by molar-refractivity contribution is 6.35. The highest BCUT2D eigenvalue weighted by Gasteiger charge is 2.30. The Morgan fingerprint density at radius 3 is 2.94 bits per heavy atom.